The Morgan fingerprint density at radius 2 is 2.00 bits per heavy atom. The van der Waals surface area contributed by atoms with Crippen molar-refractivity contribution in [1.29, 1.82) is 5.26 Å². The van der Waals surface area contributed by atoms with E-state index >= 15 is 0 Å². The molecule has 0 saturated heterocycles. The highest BCUT2D eigenvalue weighted by Gasteiger charge is 2.10. The molecule has 150 valence electrons. The van der Waals surface area contributed by atoms with Crippen molar-refractivity contribution in [2.24, 2.45) is 0 Å². The summed E-state index contributed by atoms with van der Waals surface area (Å²) in [5.41, 5.74) is 2.50. The Labute approximate surface area is 171 Å². The molecule has 0 spiro atoms. The molecule has 0 aliphatic heterocycles. The number of hydrogen-bond acceptors (Lipinski definition) is 5. The lowest BCUT2D eigenvalue weighted by atomic mass is 10.1. The zero-order valence-corrected chi connectivity index (χ0v) is 16.2. The van der Waals surface area contributed by atoms with E-state index in [1.54, 1.807) is 18.3 Å². The molecule has 8 nitrogen and oxygen atoms in total. The van der Waals surface area contributed by atoms with Crippen molar-refractivity contribution >= 4 is 22.6 Å². The molecule has 2 aromatic heterocycles. The number of fused-ring (bicyclic) bond motifs is 1. The number of nitriles is 1. The monoisotopic (exact) mass is 403 g/mol. The molecule has 0 unspecified atom stereocenters. The summed E-state index contributed by atoms with van der Waals surface area (Å²) in [7, 11) is 0. The summed E-state index contributed by atoms with van der Waals surface area (Å²) in [6, 6.07) is 11.9. The number of aromatic nitrogens is 5. The molecule has 0 radical (unpaired) electrons. The fourth-order valence-electron chi connectivity index (χ4n) is 3.21. The van der Waals surface area contributed by atoms with Gasteiger partial charge in [-0.3, -0.25) is 9.48 Å². The van der Waals surface area contributed by atoms with E-state index in [9.17, 15) is 9.18 Å². The number of amides is 1. The third-order valence-electron chi connectivity index (χ3n) is 4.65. The second kappa shape index (κ2) is 8.13. The maximum atomic E-state index is 13.7. The lowest BCUT2D eigenvalue weighted by Crippen LogP contribution is -2.15. The van der Waals surface area contributed by atoms with Crippen molar-refractivity contribution in [2.45, 2.75) is 26.4 Å². The Bertz CT molecular complexity index is 1270. The van der Waals surface area contributed by atoms with E-state index in [-0.39, 0.29) is 24.4 Å². The summed E-state index contributed by atoms with van der Waals surface area (Å²) in [4.78, 5) is 13.7. The highest BCUT2D eigenvalue weighted by Crippen LogP contribution is 2.17. The van der Waals surface area contributed by atoms with Crippen LogP contribution in [0.3, 0.4) is 0 Å². The molecule has 4 aromatic rings. The van der Waals surface area contributed by atoms with E-state index in [0.717, 1.165) is 23.0 Å². The molecule has 0 aliphatic carbocycles. The first kappa shape index (κ1) is 19.3. The zero-order valence-electron chi connectivity index (χ0n) is 16.2. The molecular weight excluding hydrogens is 385 g/mol. The van der Waals surface area contributed by atoms with Crippen molar-refractivity contribution < 1.29 is 9.18 Å². The van der Waals surface area contributed by atoms with Crippen LogP contribution in [0.4, 0.5) is 10.2 Å². The number of halogens is 1. The molecule has 0 bridgehead atoms. The molecule has 0 saturated carbocycles. The van der Waals surface area contributed by atoms with E-state index in [1.165, 1.54) is 23.1 Å². The molecule has 1 N–H and O–H groups in total. The van der Waals surface area contributed by atoms with Crippen molar-refractivity contribution in [3.8, 4) is 6.07 Å². The fraction of sp³-hybridized carbons (Fsp3) is 0.190. The summed E-state index contributed by atoms with van der Waals surface area (Å²) in [5.74, 6) is -0.486. The first-order valence-corrected chi connectivity index (χ1v) is 9.38. The Morgan fingerprint density at radius 3 is 2.77 bits per heavy atom. The van der Waals surface area contributed by atoms with Crippen molar-refractivity contribution in [3.05, 3.63) is 71.3 Å². The van der Waals surface area contributed by atoms with Gasteiger partial charge in [-0.15, -0.1) is 5.10 Å². The van der Waals surface area contributed by atoms with Crippen molar-refractivity contribution in [3.63, 3.8) is 0 Å². The van der Waals surface area contributed by atoms with Gasteiger partial charge in [0, 0.05) is 11.9 Å². The van der Waals surface area contributed by atoms with E-state index in [1.807, 2.05) is 29.8 Å². The number of carbonyl (C=O) groups excluding carboxylic acids is 1. The van der Waals surface area contributed by atoms with Gasteiger partial charge < -0.3 is 5.32 Å². The topological polar surface area (TPSA) is 101 Å². The van der Waals surface area contributed by atoms with Crippen LogP contribution in [0.1, 0.15) is 23.6 Å². The summed E-state index contributed by atoms with van der Waals surface area (Å²) in [6.07, 6.45) is 3.42. The van der Waals surface area contributed by atoms with Crippen LogP contribution in [-0.2, 0) is 24.3 Å². The molecule has 2 heterocycles. The van der Waals surface area contributed by atoms with Crippen LogP contribution in [0.15, 0.2) is 48.8 Å². The van der Waals surface area contributed by atoms with Crippen LogP contribution in [0.25, 0.3) is 10.9 Å². The molecule has 0 aliphatic rings. The predicted octanol–water partition coefficient (Wildman–Crippen LogP) is 2.89. The van der Waals surface area contributed by atoms with Crippen LogP contribution in [0.2, 0.25) is 0 Å². The number of anilines is 1. The lowest BCUT2D eigenvalue weighted by Gasteiger charge is -2.04. The molecule has 0 fully saturated rings. The highest BCUT2D eigenvalue weighted by atomic mass is 19.1. The first-order chi connectivity index (χ1) is 14.6. The number of carbonyl (C=O) groups is 1. The number of rotatable bonds is 6. The molecule has 2 aromatic carbocycles. The van der Waals surface area contributed by atoms with Gasteiger partial charge in [-0.1, -0.05) is 12.1 Å². The van der Waals surface area contributed by atoms with E-state index in [2.05, 4.69) is 20.6 Å². The molecule has 30 heavy (non-hydrogen) atoms. The molecule has 0 atom stereocenters. The van der Waals surface area contributed by atoms with Crippen LogP contribution < -0.4 is 5.32 Å². The molecule has 1 amide bonds. The number of aryl methyl sites for hydroxylation is 1. The van der Waals surface area contributed by atoms with Gasteiger partial charge in [0.1, 0.15) is 11.9 Å². The van der Waals surface area contributed by atoms with Gasteiger partial charge in [-0.2, -0.15) is 20.3 Å². The molecule has 9 heteroatoms. The third kappa shape index (κ3) is 4.03. The lowest BCUT2D eigenvalue weighted by molar-refractivity contribution is -0.115. The van der Waals surface area contributed by atoms with Gasteiger partial charge in [0.25, 0.3) is 0 Å². The summed E-state index contributed by atoms with van der Waals surface area (Å²) >= 11 is 0. The van der Waals surface area contributed by atoms with E-state index in [0.29, 0.717) is 11.4 Å². The van der Waals surface area contributed by atoms with Gasteiger partial charge in [0.15, 0.2) is 5.82 Å². The Hall–Kier alpha value is -4.06. The average Bonchev–Trinajstić information content (AvgIpc) is 3.34. The van der Waals surface area contributed by atoms with Crippen molar-refractivity contribution in [1.82, 2.24) is 24.8 Å². The minimum absolute atomic E-state index is 0.0136. The number of nitrogens with one attached hydrogen (secondary N) is 1. The van der Waals surface area contributed by atoms with Gasteiger partial charge >= 0.3 is 0 Å². The standard InChI is InChI=1S/C21H18FN7O/c1-2-28-19-6-4-14(7-17(19)11-24-28)9-21(30)26-20-12-25-29(27-20)13-15-3-5-16(10-23)18(22)8-15/h3-8,11-12H,2,9,13H2,1H3,(H,26,27,30). The largest absolute Gasteiger partial charge is 0.308 e. The average molecular weight is 403 g/mol. The second-order valence-corrected chi connectivity index (χ2v) is 6.76. The normalized spacial score (nSPS) is 10.8. The van der Waals surface area contributed by atoms with Gasteiger partial charge in [0.05, 0.1) is 36.4 Å². The van der Waals surface area contributed by atoms with Crippen LogP contribution in [0.5, 0.6) is 0 Å². The zero-order chi connectivity index (χ0) is 21.1. The van der Waals surface area contributed by atoms with Gasteiger partial charge in [-0.25, -0.2) is 4.39 Å². The van der Waals surface area contributed by atoms with Crippen LogP contribution in [0, 0.1) is 17.1 Å². The van der Waals surface area contributed by atoms with Crippen LogP contribution in [-0.4, -0.2) is 30.7 Å². The van der Waals surface area contributed by atoms with E-state index < -0.39 is 5.82 Å². The molecule has 4 rings (SSSR count). The maximum absolute atomic E-state index is 13.7. The third-order valence-corrected chi connectivity index (χ3v) is 4.65. The minimum Gasteiger partial charge on any atom is -0.308 e. The quantitative estimate of drug-likeness (QED) is 0.533. The number of nitrogens with zero attached hydrogens (tertiary/aromatic N) is 6. The van der Waals surface area contributed by atoms with E-state index in [4.69, 9.17) is 5.26 Å². The van der Waals surface area contributed by atoms with Crippen molar-refractivity contribution in [2.75, 3.05) is 5.32 Å². The molecular formula is C21H18FN7O. The maximum Gasteiger partial charge on any atom is 0.230 e. The smallest absolute Gasteiger partial charge is 0.230 e. The Kier molecular flexibility index (Phi) is 5.22. The Morgan fingerprint density at radius 1 is 1.17 bits per heavy atom. The van der Waals surface area contributed by atoms with Gasteiger partial charge in [0.2, 0.25) is 5.91 Å². The van der Waals surface area contributed by atoms with Gasteiger partial charge in [-0.05, 0) is 42.3 Å². The SMILES string of the molecule is CCn1ncc2cc(CC(=O)Nc3cnn(Cc4ccc(C#N)c(F)c4)n3)ccc21. The number of hydrogen-bond donors (Lipinski definition) is 1. The minimum atomic E-state index is -0.586. The second-order valence-electron chi connectivity index (χ2n) is 6.76. The number of benzene rings is 2. The summed E-state index contributed by atoms with van der Waals surface area (Å²) in [5, 5.41) is 25.1. The summed E-state index contributed by atoms with van der Waals surface area (Å²) in [6.45, 7) is 3.03. The fourth-order valence-corrected chi connectivity index (χ4v) is 3.21. The summed E-state index contributed by atoms with van der Waals surface area (Å²) < 4.78 is 15.6. The van der Waals surface area contributed by atoms with Crippen LogP contribution >= 0.6 is 0 Å². The first-order valence-electron chi connectivity index (χ1n) is 9.38. The Balaban J connectivity index is 1.39. The predicted molar refractivity (Wildman–Crippen MR) is 108 cm³/mol. The highest BCUT2D eigenvalue weighted by molar-refractivity contribution is 5.92.